The highest BCUT2D eigenvalue weighted by molar-refractivity contribution is 5.69. The number of hydrogen-bond donors (Lipinski definition) is 0. The average Bonchev–Trinajstić information content (AvgIpc) is 2.71. The molecule has 3 atom stereocenters. The minimum absolute atomic E-state index is 0.188. The fourth-order valence-corrected chi connectivity index (χ4v) is 2.66. The maximum atomic E-state index is 11.2. The van der Waals surface area contributed by atoms with Gasteiger partial charge in [0, 0.05) is 19.6 Å². The van der Waals surface area contributed by atoms with Crippen molar-refractivity contribution in [3.05, 3.63) is 0 Å². The summed E-state index contributed by atoms with van der Waals surface area (Å²) in [6.45, 7) is 4.04. The van der Waals surface area contributed by atoms with Crippen molar-refractivity contribution in [1.29, 1.82) is 0 Å². The molecular weight excluding hydrogens is 236 g/mol. The summed E-state index contributed by atoms with van der Waals surface area (Å²) in [7, 11) is 1.39. The van der Waals surface area contributed by atoms with Crippen LogP contribution in [0.15, 0.2) is 0 Å². The van der Waals surface area contributed by atoms with Crippen molar-refractivity contribution in [3.63, 3.8) is 0 Å². The van der Waals surface area contributed by atoms with Gasteiger partial charge in [0.2, 0.25) is 0 Å². The van der Waals surface area contributed by atoms with E-state index < -0.39 is 5.79 Å². The Hall–Kier alpha value is -0.650. The smallest absolute Gasteiger partial charge is 0.308 e. The molecule has 18 heavy (non-hydrogen) atoms. The van der Waals surface area contributed by atoms with Gasteiger partial charge in [-0.15, -0.1) is 0 Å². The van der Waals surface area contributed by atoms with E-state index in [9.17, 15) is 4.79 Å². The third-order valence-corrected chi connectivity index (χ3v) is 3.53. The number of ether oxygens (including phenoxy) is 4. The number of hydrogen-bond acceptors (Lipinski definition) is 5. The number of carbonyl (C=O) groups is 1. The first kappa shape index (κ1) is 13.8. The Labute approximate surface area is 108 Å². The van der Waals surface area contributed by atoms with Crippen LogP contribution >= 0.6 is 0 Å². The number of esters is 1. The fraction of sp³-hybridized carbons (Fsp3) is 0.923. The maximum absolute atomic E-state index is 11.2. The zero-order valence-electron chi connectivity index (χ0n) is 11.1. The van der Waals surface area contributed by atoms with E-state index in [4.69, 9.17) is 14.2 Å². The lowest BCUT2D eigenvalue weighted by atomic mass is 9.94. The van der Waals surface area contributed by atoms with Gasteiger partial charge in [-0.1, -0.05) is 0 Å². The second-order valence-corrected chi connectivity index (χ2v) is 5.25. The molecule has 5 heteroatoms. The van der Waals surface area contributed by atoms with Crippen molar-refractivity contribution in [2.45, 2.75) is 44.5 Å². The van der Waals surface area contributed by atoms with Gasteiger partial charge >= 0.3 is 5.97 Å². The Kier molecular flexibility index (Phi) is 4.59. The standard InChI is InChI=1S/C13H22O5/c1-13(7-10-4-3-5-16-8-10)17-9-11(18-13)6-12(14)15-2/h10-11H,3-9H2,1-2H3. The first-order chi connectivity index (χ1) is 8.61. The van der Waals surface area contributed by atoms with Crippen LogP contribution in [-0.4, -0.2) is 44.8 Å². The zero-order chi connectivity index (χ0) is 13.0. The summed E-state index contributed by atoms with van der Waals surface area (Å²) in [4.78, 5) is 11.2. The van der Waals surface area contributed by atoms with Crippen LogP contribution < -0.4 is 0 Å². The Morgan fingerprint density at radius 2 is 2.28 bits per heavy atom. The minimum Gasteiger partial charge on any atom is -0.469 e. The van der Waals surface area contributed by atoms with Crippen LogP contribution in [-0.2, 0) is 23.7 Å². The number of carbonyl (C=O) groups excluding carboxylic acids is 1. The first-order valence-corrected chi connectivity index (χ1v) is 6.57. The summed E-state index contributed by atoms with van der Waals surface area (Å²) in [5.41, 5.74) is 0. The summed E-state index contributed by atoms with van der Waals surface area (Å²) < 4.78 is 21.7. The van der Waals surface area contributed by atoms with Gasteiger partial charge in [-0.3, -0.25) is 4.79 Å². The molecule has 0 N–H and O–H groups in total. The Morgan fingerprint density at radius 3 is 2.94 bits per heavy atom. The molecule has 0 aliphatic carbocycles. The molecule has 2 saturated heterocycles. The van der Waals surface area contributed by atoms with Crippen molar-refractivity contribution >= 4 is 5.97 Å². The topological polar surface area (TPSA) is 54.0 Å². The van der Waals surface area contributed by atoms with Gasteiger partial charge in [-0.05, 0) is 25.7 Å². The van der Waals surface area contributed by atoms with Crippen molar-refractivity contribution in [2.75, 3.05) is 26.9 Å². The van der Waals surface area contributed by atoms with E-state index in [1.165, 1.54) is 7.11 Å². The summed E-state index contributed by atoms with van der Waals surface area (Å²) >= 11 is 0. The molecule has 0 saturated carbocycles. The molecule has 2 fully saturated rings. The molecule has 2 rings (SSSR count). The lowest BCUT2D eigenvalue weighted by Crippen LogP contribution is -2.33. The van der Waals surface area contributed by atoms with Crippen molar-refractivity contribution < 1.29 is 23.7 Å². The molecule has 5 nitrogen and oxygen atoms in total. The van der Waals surface area contributed by atoms with Crippen LogP contribution in [0.1, 0.15) is 32.6 Å². The van der Waals surface area contributed by atoms with Gasteiger partial charge in [-0.25, -0.2) is 0 Å². The highest BCUT2D eigenvalue weighted by Crippen LogP contribution is 2.33. The number of methoxy groups -OCH3 is 1. The van der Waals surface area contributed by atoms with Crippen molar-refractivity contribution in [1.82, 2.24) is 0 Å². The molecule has 0 radical (unpaired) electrons. The van der Waals surface area contributed by atoms with E-state index >= 15 is 0 Å². The molecule has 0 spiro atoms. The molecule has 0 aromatic heterocycles. The van der Waals surface area contributed by atoms with E-state index in [0.29, 0.717) is 12.5 Å². The van der Waals surface area contributed by atoms with Crippen molar-refractivity contribution in [2.24, 2.45) is 5.92 Å². The fourth-order valence-electron chi connectivity index (χ4n) is 2.66. The van der Waals surface area contributed by atoms with Gasteiger partial charge in [0.05, 0.1) is 26.2 Å². The quantitative estimate of drug-likeness (QED) is 0.715. The van der Waals surface area contributed by atoms with Gasteiger partial charge < -0.3 is 18.9 Å². The molecule has 3 unspecified atom stereocenters. The van der Waals surface area contributed by atoms with Gasteiger partial charge in [0.1, 0.15) is 0 Å². The molecule has 2 aliphatic rings. The largest absolute Gasteiger partial charge is 0.469 e. The van der Waals surface area contributed by atoms with E-state index in [2.05, 4.69) is 4.74 Å². The highest BCUT2D eigenvalue weighted by atomic mass is 16.7. The minimum atomic E-state index is -0.579. The summed E-state index contributed by atoms with van der Waals surface area (Å²) in [6, 6.07) is 0. The van der Waals surface area contributed by atoms with Gasteiger partial charge in [0.15, 0.2) is 5.79 Å². The van der Waals surface area contributed by atoms with Crippen LogP contribution in [0.5, 0.6) is 0 Å². The van der Waals surface area contributed by atoms with Crippen LogP contribution in [0.25, 0.3) is 0 Å². The van der Waals surface area contributed by atoms with E-state index in [-0.39, 0.29) is 18.5 Å². The molecule has 0 aromatic rings. The molecule has 2 aliphatic heterocycles. The van der Waals surface area contributed by atoms with Crippen LogP contribution in [0.4, 0.5) is 0 Å². The van der Waals surface area contributed by atoms with Gasteiger partial charge in [0.25, 0.3) is 0 Å². The highest BCUT2D eigenvalue weighted by Gasteiger charge is 2.40. The van der Waals surface area contributed by atoms with Crippen LogP contribution in [0.2, 0.25) is 0 Å². The summed E-state index contributed by atoms with van der Waals surface area (Å²) in [6.07, 6.45) is 3.15. The molecular formula is C13H22O5. The normalized spacial score (nSPS) is 36.6. The summed E-state index contributed by atoms with van der Waals surface area (Å²) in [5, 5.41) is 0. The molecule has 0 amide bonds. The maximum Gasteiger partial charge on any atom is 0.308 e. The first-order valence-electron chi connectivity index (χ1n) is 6.57. The summed E-state index contributed by atoms with van der Waals surface area (Å²) in [5.74, 6) is -0.348. The predicted molar refractivity (Wildman–Crippen MR) is 64.0 cm³/mol. The predicted octanol–water partition coefficient (Wildman–Crippen LogP) is 1.50. The van der Waals surface area contributed by atoms with Crippen molar-refractivity contribution in [3.8, 4) is 0 Å². The van der Waals surface area contributed by atoms with Crippen LogP contribution in [0, 0.1) is 5.92 Å². The molecule has 2 heterocycles. The lowest BCUT2D eigenvalue weighted by molar-refractivity contribution is -0.175. The van der Waals surface area contributed by atoms with Crippen LogP contribution in [0.3, 0.4) is 0 Å². The second kappa shape index (κ2) is 5.99. The second-order valence-electron chi connectivity index (χ2n) is 5.25. The Morgan fingerprint density at radius 1 is 1.44 bits per heavy atom. The Balaban J connectivity index is 1.79. The third-order valence-electron chi connectivity index (χ3n) is 3.53. The zero-order valence-corrected chi connectivity index (χ0v) is 11.1. The molecule has 104 valence electrons. The molecule has 0 bridgehead atoms. The average molecular weight is 258 g/mol. The monoisotopic (exact) mass is 258 g/mol. The van der Waals surface area contributed by atoms with E-state index in [1.54, 1.807) is 0 Å². The molecule has 0 aromatic carbocycles. The van der Waals surface area contributed by atoms with E-state index in [0.717, 1.165) is 32.5 Å². The van der Waals surface area contributed by atoms with Gasteiger partial charge in [-0.2, -0.15) is 0 Å². The SMILES string of the molecule is COC(=O)CC1COC(C)(CC2CCCOC2)O1. The van der Waals surface area contributed by atoms with E-state index in [1.807, 2.05) is 6.92 Å². The third kappa shape index (κ3) is 3.67. The lowest BCUT2D eigenvalue weighted by Gasteiger charge is -2.30. The Bertz CT molecular complexity index is 287. The number of rotatable bonds is 4.